The van der Waals surface area contributed by atoms with Gasteiger partial charge in [-0.15, -0.1) is 0 Å². The Labute approximate surface area is 157 Å². The van der Waals surface area contributed by atoms with E-state index in [1.807, 2.05) is 28.1 Å². The van der Waals surface area contributed by atoms with Crippen LogP contribution in [0.4, 0.5) is 0 Å². The predicted molar refractivity (Wildman–Crippen MR) is 103 cm³/mol. The van der Waals surface area contributed by atoms with Crippen LogP contribution in [0, 0.1) is 0 Å². The Morgan fingerprint density at radius 2 is 1.65 bits per heavy atom. The summed E-state index contributed by atoms with van der Waals surface area (Å²) in [6.45, 7) is 9.64. The first kappa shape index (κ1) is 20.4. The molecule has 0 aromatic carbocycles. The Morgan fingerprint density at radius 3 is 2.19 bits per heavy atom. The molecule has 1 aromatic heterocycles. The van der Waals surface area contributed by atoms with Crippen LogP contribution in [0.25, 0.3) is 0 Å². The van der Waals surface area contributed by atoms with E-state index in [1.54, 1.807) is 6.20 Å². The summed E-state index contributed by atoms with van der Waals surface area (Å²) in [5, 5.41) is 0. The maximum atomic E-state index is 12.4. The number of hydrogen-bond acceptors (Lipinski definition) is 4. The van der Waals surface area contributed by atoms with E-state index in [4.69, 9.17) is 0 Å². The monoisotopic (exact) mass is 360 g/mol. The Bertz CT molecular complexity index is 552. The smallest absolute Gasteiger partial charge is 0.223 e. The molecule has 0 bridgehead atoms. The van der Waals surface area contributed by atoms with Gasteiger partial charge in [-0.1, -0.05) is 19.9 Å². The third-order valence-electron chi connectivity index (χ3n) is 5.10. The number of rotatable bonds is 9. The summed E-state index contributed by atoms with van der Waals surface area (Å²) in [4.78, 5) is 34.9. The lowest BCUT2D eigenvalue weighted by atomic mass is 10.1. The zero-order chi connectivity index (χ0) is 18.8. The summed E-state index contributed by atoms with van der Waals surface area (Å²) < 4.78 is 0. The second kappa shape index (κ2) is 10.9. The van der Waals surface area contributed by atoms with Crippen molar-refractivity contribution in [2.45, 2.75) is 39.5 Å². The van der Waals surface area contributed by atoms with Gasteiger partial charge in [-0.05, 0) is 37.6 Å². The molecule has 0 spiro atoms. The van der Waals surface area contributed by atoms with Crippen LogP contribution in [0.1, 0.15) is 38.7 Å². The first-order chi connectivity index (χ1) is 12.6. The normalized spacial score (nSPS) is 14.7. The molecule has 1 aromatic rings. The largest absolute Gasteiger partial charge is 0.339 e. The van der Waals surface area contributed by atoms with Crippen molar-refractivity contribution in [3.05, 3.63) is 30.1 Å². The number of aryl methyl sites for hydroxylation is 1. The molecule has 0 atom stereocenters. The molecule has 2 amide bonds. The summed E-state index contributed by atoms with van der Waals surface area (Å²) in [5.41, 5.74) is 1.17. The third-order valence-corrected chi connectivity index (χ3v) is 5.10. The Morgan fingerprint density at radius 1 is 1.04 bits per heavy atom. The van der Waals surface area contributed by atoms with Gasteiger partial charge in [0.25, 0.3) is 0 Å². The van der Waals surface area contributed by atoms with Gasteiger partial charge >= 0.3 is 0 Å². The van der Waals surface area contributed by atoms with Gasteiger partial charge in [-0.3, -0.25) is 14.6 Å². The van der Waals surface area contributed by atoms with Crippen molar-refractivity contribution in [3.8, 4) is 0 Å². The highest BCUT2D eigenvalue weighted by atomic mass is 16.2. The molecule has 0 radical (unpaired) electrons. The van der Waals surface area contributed by atoms with Crippen LogP contribution in [-0.2, 0) is 16.0 Å². The van der Waals surface area contributed by atoms with Crippen LogP contribution >= 0.6 is 0 Å². The number of hydrogen-bond donors (Lipinski definition) is 0. The predicted octanol–water partition coefficient (Wildman–Crippen LogP) is 1.81. The van der Waals surface area contributed by atoms with E-state index < -0.39 is 0 Å². The molecule has 2 heterocycles. The Hall–Kier alpha value is -1.95. The zero-order valence-corrected chi connectivity index (χ0v) is 16.2. The van der Waals surface area contributed by atoms with Gasteiger partial charge < -0.3 is 14.7 Å². The van der Waals surface area contributed by atoms with E-state index in [1.165, 1.54) is 5.56 Å². The second-order valence-corrected chi connectivity index (χ2v) is 6.75. The van der Waals surface area contributed by atoms with Crippen LogP contribution in [0.5, 0.6) is 0 Å². The van der Waals surface area contributed by atoms with E-state index in [0.29, 0.717) is 39.0 Å². The molecule has 1 fully saturated rings. The minimum atomic E-state index is 0.198. The number of carbonyl (C=O) groups is 2. The maximum absolute atomic E-state index is 12.4. The molecule has 1 aliphatic heterocycles. The fourth-order valence-corrected chi connectivity index (χ4v) is 3.30. The lowest BCUT2D eigenvalue weighted by Gasteiger charge is -2.35. The standard InChI is InChI=1S/C20H32N4O2/c1-3-22(4-2)12-10-20(26)24-15-13-23(14-16-24)19(25)9-5-7-18-8-6-11-21-17-18/h6,8,11,17H,3-5,7,9-10,12-16H2,1-2H3. The number of amides is 2. The number of carbonyl (C=O) groups excluding carboxylic acids is 2. The lowest BCUT2D eigenvalue weighted by molar-refractivity contribution is -0.139. The molecule has 0 N–H and O–H groups in total. The molecule has 0 saturated carbocycles. The van der Waals surface area contributed by atoms with Crippen LogP contribution in [0.2, 0.25) is 0 Å². The molecule has 6 heteroatoms. The highest BCUT2D eigenvalue weighted by Crippen LogP contribution is 2.09. The van der Waals surface area contributed by atoms with E-state index in [0.717, 1.165) is 32.5 Å². The Kier molecular flexibility index (Phi) is 8.54. The summed E-state index contributed by atoms with van der Waals surface area (Å²) >= 11 is 0. The van der Waals surface area contributed by atoms with Gasteiger partial charge in [0.1, 0.15) is 0 Å². The number of nitrogens with zero attached hydrogens (tertiary/aromatic N) is 4. The number of aromatic nitrogens is 1. The van der Waals surface area contributed by atoms with Crippen molar-refractivity contribution in [2.24, 2.45) is 0 Å². The fraction of sp³-hybridized carbons (Fsp3) is 0.650. The summed E-state index contributed by atoms with van der Waals surface area (Å²) in [7, 11) is 0. The fourth-order valence-electron chi connectivity index (χ4n) is 3.30. The average Bonchev–Trinajstić information content (AvgIpc) is 2.69. The van der Waals surface area contributed by atoms with E-state index >= 15 is 0 Å². The molecule has 2 rings (SSSR count). The highest BCUT2D eigenvalue weighted by Gasteiger charge is 2.23. The SMILES string of the molecule is CCN(CC)CCC(=O)N1CCN(C(=O)CCCc2cccnc2)CC1. The van der Waals surface area contributed by atoms with Gasteiger partial charge in [0, 0.05) is 58.0 Å². The minimum absolute atomic E-state index is 0.198. The molecule has 6 nitrogen and oxygen atoms in total. The third kappa shape index (κ3) is 6.41. The quantitative estimate of drug-likeness (QED) is 0.674. The Balaban J connectivity index is 1.65. The zero-order valence-electron chi connectivity index (χ0n) is 16.2. The first-order valence-electron chi connectivity index (χ1n) is 9.80. The number of pyridine rings is 1. The van der Waals surface area contributed by atoms with Gasteiger partial charge in [-0.25, -0.2) is 0 Å². The minimum Gasteiger partial charge on any atom is -0.339 e. The van der Waals surface area contributed by atoms with Crippen LogP contribution in [0.3, 0.4) is 0 Å². The summed E-state index contributed by atoms with van der Waals surface area (Å²) in [6, 6.07) is 3.97. The van der Waals surface area contributed by atoms with Crippen molar-refractivity contribution >= 4 is 11.8 Å². The van der Waals surface area contributed by atoms with Crippen LogP contribution in [-0.4, -0.2) is 77.3 Å². The molecule has 0 unspecified atom stereocenters. The highest BCUT2D eigenvalue weighted by molar-refractivity contribution is 5.78. The molecular weight excluding hydrogens is 328 g/mol. The molecule has 26 heavy (non-hydrogen) atoms. The molecular formula is C20H32N4O2. The van der Waals surface area contributed by atoms with Crippen molar-refractivity contribution < 1.29 is 9.59 Å². The molecule has 0 aliphatic carbocycles. The van der Waals surface area contributed by atoms with Crippen LogP contribution < -0.4 is 0 Å². The topological polar surface area (TPSA) is 56.8 Å². The van der Waals surface area contributed by atoms with Gasteiger partial charge in [0.05, 0.1) is 0 Å². The molecule has 1 aliphatic rings. The van der Waals surface area contributed by atoms with Crippen LogP contribution in [0.15, 0.2) is 24.5 Å². The van der Waals surface area contributed by atoms with Gasteiger partial charge in [-0.2, -0.15) is 0 Å². The summed E-state index contributed by atoms with van der Waals surface area (Å²) in [5.74, 6) is 0.407. The maximum Gasteiger partial charge on any atom is 0.223 e. The van der Waals surface area contributed by atoms with E-state index in [9.17, 15) is 9.59 Å². The second-order valence-electron chi connectivity index (χ2n) is 6.75. The average molecular weight is 361 g/mol. The van der Waals surface area contributed by atoms with E-state index in [-0.39, 0.29) is 11.8 Å². The first-order valence-corrected chi connectivity index (χ1v) is 9.80. The van der Waals surface area contributed by atoms with Gasteiger partial charge in [0.2, 0.25) is 11.8 Å². The van der Waals surface area contributed by atoms with Crippen molar-refractivity contribution in [1.29, 1.82) is 0 Å². The molecule has 144 valence electrons. The summed E-state index contributed by atoms with van der Waals surface area (Å²) in [6.07, 6.45) is 6.47. The number of piperazine rings is 1. The lowest BCUT2D eigenvalue weighted by Crippen LogP contribution is -2.51. The van der Waals surface area contributed by atoms with E-state index in [2.05, 4.69) is 23.7 Å². The van der Waals surface area contributed by atoms with Crippen molar-refractivity contribution in [3.63, 3.8) is 0 Å². The van der Waals surface area contributed by atoms with Gasteiger partial charge in [0.15, 0.2) is 0 Å². The van der Waals surface area contributed by atoms with Crippen molar-refractivity contribution in [2.75, 3.05) is 45.8 Å². The molecule has 1 saturated heterocycles. The van der Waals surface area contributed by atoms with Crippen molar-refractivity contribution in [1.82, 2.24) is 19.7 Å².